The smallest absolute Gasteiger partial charge is 0.230 e. The highest BCUT2D eigenvalue weighted by molar-refractivity contribution is 7.99. The van der Waals surface area contributed by atoms with Crippen molar-refractivity contribution in [3.8, 4) is 0 Å². The molecule has 1 aliphatic rings. The van der Waals surface area contributed by atoms with Crippen molar-refractivity contribution >= 4 is 29.0 Å². The van der Waals surface area contributed by atoms with Crippen LogP contribution >= 0.6 is 23.1 Å². The van der Waals surface area contributed by atoms with Gasteiger partial charge in [0.25, 0.3) is 0 Å². The largest absolute Gasteiger partial charge is 0.353 e. The predicted molar refractivity (Wildman–Crippen MR) is 108 cm³/mol. The molecule has 0 unspecified atom stereocenters. The van der Waals surface area contributed by atoms with Crippen LogP contribution in [0.5, 0.6) is 0 Å². The monoisotopic (exact) mass is 392 g/mol. The van der Waals surface area contributed by atoms with Crippen LogP contribution in [0.25, 0.3) is 0 Å². The second kappa shape index (κ2) is 9.55. The number of rotatable bonds is 8. The third kappa shape index (κ3) is 5.10. The zero-order valence-electron chi connectivity index (χ0n) is 15.6. The van der Waals surface area contributed by atoms with Gasteiger partial charge in [-0.3, -0.25) is 4.79 Å². The molecule has 1 atom stereocenters. The molecule has 1 saturated carbocycles. The van der Waals surface area contributed by atoms with Gasteiger partial charge < -0.3 is 9.88 Å². The van der Waals surface area contributed by atoms with E-state index in [4.69, 9.17) is 0 Å². The molecule has 2 aromatic heterocycles. The molecule has 1 fully saturated rings. The molecule has 0 aromatic carbocycles. The molecular formula is C19H28N4OS2. The van der Waals surface area contributed by atoms with Gasteiger partial charge in [-0.05, 0) is 37.6 Å². The summed E-state index contributed by atoms with van der Waals surface area (Å²) in [6.45, 7) is 4.11. The first kappa shape index (κ1) is 19.4. The molecule has 1 N–H and O–H groups in total. The van der Waals surface area contributed by atoms with E-state index < -0.39 is 0 Å². The molecule has 0 saturated heterocycles. The number of thioether (sulfide) groups is 1. The van der Waals surface area contributed by atoms with Crippen LogP contribution in [0.2, 0.25) is 0 Å². The predicted octanol–water partition coefficient (Wildman–Crippen LogP) is 4.44. The third-order valence-corrected chi connectivity index (χ3v) is 6.76. The van der Waals surface area contributed by atoms with E-state index >= 15 is 0 Å². The van der Waals surface area contributed by atoms with Crippen molar-refractivity contribution in [1.29, 1.82) is 0 Å². The maximum Gasteiger partial charge on any atom is 0.230 e. The fraction of sp³-hybridized carbons (Fsp3) is 0.632. The zero-order chi connectivity index (χ0) is 18.4. The molecule has 2 aromatic rings. The Morgan fingerprint density at radius 1 is 1.38 bits per heavy atom. The SMILES string of the molecule is CC[C@@H](C)NC(=O)CSc1nnc(Cc2cccs2)n1C1CCCCC1. The number of aromatic nitrogens is 3. The normalized spacial score (nSPS) is 16.5. The highest BCUT2D eigenvalue weighted by atomic mass is 32.2. The Bertz CT molecular complexity index is 692. The molecule has 0 radical (unpaired) electrons. The molecule has 1 aliphatic carbocycles. The van der Waals surface area contributed by atoms with Gasteiger partial charge in [-0.2, -0.15) is 0 Å². The number of nitrogens with zero attached hydrogens (tertiary/aromatic N) is 3. The van der Waals surface area contributed by atoms with Gasteiger partial charge in [0.2, 0.25) is 5.91 Å². The molecule has 2 heterocycles. The van der Waals surface area contributed by atoms with Crippen molar-refractivity contribution in [2.24, 2.45) is 0 Å². The van der Waals surface area contributed by atoms with Gasteiger partial charge in [0.05, 0.1) is 5.75 Å². The molecule has 0 spiro atoms. The summed E-state index contributed by atoms with van der Waals surface area (Å²) in [5.74, 6) is 1.50. The van der Waals surface area contributed by atoms with E-state index in [9.17, 15) is 4.79 Å². The van der Waals surface area contributed by atoms with Crippen molar-refractivity contribution < 1.29 is 4.79 Å². The summed E-state index contributed by atoms with van der Waals surface area (Å²) in [4.78, 5) is 13.5. The van der Waals surface area contributed by atoms with Crippen molar-refractivity contribution in [1.82, 2.24) is 20.1 Å². The third-order valence-electron chi connectivity index (χ3n) is 4.94. The minimum absolute atomic E-state index is 0.0716. The lowest BCUT2D eigenvalue weighted by Gasteiger charge is -2.25. The average molecular weight is 393 g/mol. The minimum Gasteiger partial charge on any atom is -0.353 e. The number of carbonyl (C=O) groups excluding carboxylic acids is 1. The Kier molecular flexibility index (Phi) is 7.14. The molecule has 26 heavy (non-hydrogen) atoms. The lowest BCUT2D eigenvalue weighted by molar-refractivity contribution is -0.119. The first-order valence-corrected chi connectivity index (χ1v) is 11.4. The molecule has 7 heteroatoms. The van der Waals surface area contributed by atoms with E-state index in [0.29, 0.717) is 11.8 Å². The average Bonchev–Trinajstić information content (AvgIpc) is 3.31. The van der Waals surface area contributed by atoms with Crippen LogP contribution in [0.15, 0.2) is 22.7 Å². The summed E-state index contributed by atoms with van der Waals surface area (Å²) in [6, 6.07) is 4.91. The Morgan fingerprint density at radius 2 is 2.19 bits per heavy atom. The fourth-order valence-electron chi connectivity index (χ4n) is 3.35. The van der Waals surface area contributed by atoms with Gasteiger partial charge >= 0.3 is 0 Å². The summed E-state index contributed by atoms with van der Waals surface area (Å²) in [7, 11) is 0. The number of carbonyl (C=O) groups is 1. The summed E-state index contributed by atoms with van der Waals surface area (Å²) in [6.07, 6.45) is 7.98. The van der Waals surface area contributed by atoms with Crippen LogP contribution in [0.4, 0.5) is 0 Å². The molecule has 142 valence electrons. The van der Waals surface area contributed by atoms with Crippen LogP contribution < -0.4 is 5.32 Å². The summed E-state index contributed by atoms with van der Waals surface area (Å²) in [5, 5.41) is 15.0. The van der Waals surface area contributed by atoms with Gasteiger partial charge in [-0.15, -0.1) is 21.5 Å². The van der Waals surface area contributed by atoms with Gasteiger partial charge in [0, 0.05) is 23.4 Å². The van der Waals surface area contributed by atoms with Crippen molar-refractivity contribution in [2.45, 2.75) is 76.0 Å². The highest BCUT2D eigenvalue weighted by Crippen LogP contribution is 2.33. The second-order valence-corrected chi connectivity index (χ2v) is 8.96. The Balaban J connectivity index is 1.73. The maximum absolute atomic E-state index is 12.1. The van der Waals surface area contributed by atoms with Crippen LogP contribution in [0, 0.1) is 0 Å². The number of hydrogen-bond acceptors (Lipinski definition) is 5. The van der Waals surface area contributed by atoms with Gasteiger partial charge in [0.1, 0.15) is 5.82 Å². The summed E-state index contributed by atoms with van der Waals surface area (Å²) in [5.41, 5.74) is 0. The summed E-state index contributed by atoms with van der Waals surface area (Å²) < 4.78 is 2.32. The van der Waals surface area contributed by atoms with E-state index in [-0.39, 0.29) is 11.9 Å². The first-order chi connectivity index (χ1) is 12.7. The molecule has 0 bridgehead atoms. The first-order valence-electron chi connectivity index (χ1n) is 9.55. The highest BCUT2D eigenvalue weighted by Gasteiger charge is 2.23. The quantitative estimate of drug-likeness (QED) is 0.675. The topological polar surface area (TPSA) is 59.8 Å². The molecule has 0 aliphatic heterocycles. The molecule has 1 amide bonds. The number of thiophene rings is 1. The van der Waals surface area contributed by atoms with Crippen molar-refractivity contribution in [3.63, 3.8) is 0 Å². The maximum atomic E-state index is 12.1. The lowest BCUT2D eigenvalue weighted by atomic mass is 9.95. The van der Waals surface area contributed by atoms with Crippen LogP contribution in [0.1, 0.15) is 69.1 Å². The van der Waals surface area contributed by atoms with E-state index in [1.165, 1.54) is 48.7 Å². The van der Waals surface area contributed by atoms with E-state index in [0.717, 1.165) is 23.8 Å². The van der Waals surface area contributed by atoms with Crippen LogP contribution in [0.3, 0.4) is 0 Å². The van der Waals surface area contributed by atoms with E-state index in [1.54, 1.807) is 11.3 Å². The van der Waals surface area contributed by atoms with Crippen molar-refractivity contribution in [3.05, 3.63) is 28.2 Å². The van der Waals surface area contributed by atoms with Crippen molar-refractivity contribution in [2.75, 3.05) is 5.75 Å². The van der Waals surface area contributed by atoms with E-state index in [2.05, 4.69) is 44.5 Å². The lowest BCUT2D eigenvalue weighted by Crippen LogP contribution is -2.33. The second-order valence-electron chi connectivity index (χ2n) is 6.98. The Labute approximate surface area is 164 Å². The van der Waals surface area contributed by atoms with Gasteiger partial charge in [-0.25, -0.2) is 0 Å². The van der Waals surface area contributed by atoms with Gasteiger partial charge in [-0.1, -0.05) is 44.0 Å². The number of nitrogens with one attached hydrogen (secondary N) is 1. The Hall–Kier alpha value is -1.34. The minimum atomic E-state index is 0.0716. The molecular weight excluding hydrogens is 364 g/mol. The van der Waals surface area contributed by atoms with Crippen LogP contribution in [-0.2, 0) is 11.2 Å². The van der Waals surface area contributed by atoms with E-state index in [1.807, 2.05) is 6.92 Å². The van der Waals surface area contributed by atoms with Gasteiger partial charge in [0.15, 0.2) is 5.16 Å². The molecule has 3 rings (SSSR count). The molecule has 5 nitrogen and oxygen atoms in total. The zero-order valence-corrected chi connectivity index (χ0v) is 17.2. The Morgan fingerprint density at radius 3 is 2.88 bits per heavy atom. The number of amides is 1. The summed E-state index contributed by atoms with van der Waals surface area (Å²) >= 11 is 3.27. The fourth-order valence-corrected chi connectivity index (χ4v) is 4.89. The number of hydrogen-bond donors (Lipinski definition) is 1. The van der Waals surface area contributed by atoms with Crippen LogP contribution in [-0.4, -0.2) is 32.5 Å². The standard InChI is InChI=1S/C19H28N4OS2/c1-3-14(2)20-18(24)13-26-19-22-21-17(12-16-10-7-11-25-16)23(19)15-8-5-4-6-9-15/h7,10-11,14-15H,3-6,8-9,12-13H2,1-2H3,(H,20,24)/t14-/m1/s1.